The Morgan fingerprint density at radius 3 is 2.59 bits per heavy atom. The number of nitrogens with one attached hydrogen (secondary N) is 1. The lowest BCUT2D eigenvalue weighted by molar-refractivity contribution is -0.0437. The SMILES string of the molecule is [O-][S+](Cc1ccccc1F)NCC(F)(F)CO. The molecule has 0 radical (unpaired) electrons. The van der Waals surface area contributed by atoms with Crippen LogP contribution in [0.5, 0.6) is 0 Å². The maximum atomic E-state index is 13.1. The number of aliphatic hydroxyl groups is 1. The van der Waals surface area contributed by atoms with Crippen molar-refractivity contribution in [3.63, 3.8) is 0 Å². The van der Waals surface area contributed by atoms with E-state index in [2.05, 4.69) is 0 Å². The highest BCUT2D eigenvalue weighted by atomic mass is 32.2. The van der Waals surface area contributed by atoms with E-state index in [9.17, 15) is 17.7 Å². The van der Waals surface area contributed by atoms with E-state index >= 15 is 0 Å². The van der Waals surface area contributed by atoms with Crippen LogP contribution >= 0.6 is 0 Å². The van der Waals surface area contributed by atoms with Gasteiger partial charge >= 0.3 is 0 Å². The van der Waals surface area contributed by atoms with Crippen LogP contribution in [0.1, 0.15) is 5.56 Å². The summed E-state index contributed by atoms with van der Waals surface area (Å²) in [5, 5.41) is 8.29. The minimum atomic E-state index is -3.33. The second-order valence-corrected chi connectivity index (χ2v) is 4.68. The summed E-state index contributed by atoms with van der Waals surface area (Å²) in [6, 6.07) is 5.68. The Hall–Kier alpha value is -0.760. The fraction of sp³-hybridized carbons (Fsp3) is 0.400. The maximum Gasteiger partial charge on any atom is 0.287 e. The Bertz CT molecular complexity index is 365. The van der Waals surface area contributed by atoms with Crippen LogP contribution in [0.4, 0.5) is 13.2 Å². The number of rotatable bonds is 6. The zero-order valence-electron chi connectivity index (χ0n) is 8.83. The van der Waals surface area contributed by atoms with Crippen LogP contribution in [0, 0.1) is 5.82 Å². The lowest BCUT2D eigenvalue weighted by atomic mass is 10.2. The highest BCUT2D eigenvalue weighted by molar-refractivity contribution is 7.88. The molecule has 0 spiro atoms. The van der Waals surface area contributed by atoms with E-state index in [0.29, 0.717) is 0 Å². The molecule has 1 rings (SSSR count). The largest absolute Gasteiger partial charge is 0.598 e. The zero-order valence-corrected chi connectivity index (χ0v) is 9.64. The predicted octanol–water partition coefficient (Wildman–Crippen LogP) is 1.21. The minimum absolute atomic E-state index is 0.186. The van der Waals surface area contributed by atoms with Crippen LogP contribution in [0.15, 0.2) is 24.3 Å². The molecule has 1 unspecified atom stereocenters. The van der Waals surface area contributed by atoms with Gasteiger partial charge < -0.3 is 9.66 Å². The van der Waals surface area contributed by atoms with Crippen molar-refractivity contribution in [3.05, 3.63) is 35.6 Å². The van der Waals surface area contributed by atoms with E-state index in [-0.39, 0.29) is 11.3 Å². The van der Waals surface area contributed by atoms with Gasteiger partial charge in [-0.15, -0.1) is 4.72 Å². The van der Waals surface area contributed by atoms with Crippen LogP contribution in [-0.4, -0.2) is 28.7 Å². The lowest BCUT2D eigenvalue weighted by Crippen LogP contribution is -2.39. The highest BCUT2D eigenvalue weighted by Gasteiger charge is 2.29. The molecule has 0 amide bonds. The molecular weight excluding hydrogens is 255 g/mol. The van der Waals surface area contributed by atoms with Crippen molar-refractivity contribution < 1.29 is 22.8 Å². The average molecular weight is 267 g/mol. The number of hydrogen-bond acceptors (Lipinski definition) is 3. The standard InChI is InChI=1S/C10H12F3NO2S/c11-9-4-2-1-3-8(9)5-17(16)14-6-10(12,13)7-15/h1-4,14-15H,5-7H2. The summed E-state index contributed by atoms with van der Waals surface area (Å²) in [6.07, 6.45) is 0. The molecular formula is C10H12F3NO2S. The van der Waals surface area contributed by atoms with Gasteiger partial charge in [0, 0.05) is 16.9 Å². The van der Waals surface area contributed by atoms with E-state index in [4.69, 9.17) is 5.11 Å². The molecule has 96 valence electrons. The van der Waals surface area contributed by atoms with Gasteiger partial charge in [0.1, 0.15) is 19.0 Å². The molecule has 2 N–H and O–H groups in total. The van der Waals surface area contributed by atoms with Crippen molar-refractivity contribution >= 4 is 11.4 Å². The van der Waals surface area contributed by atoms with Crippen LogP contribution in [0.25, 0.3) is 0 Å². The molecule has 0 saturated carbocycles. The lowest BCUT2D eigenvalue weighted by Gasteiger charge is -2.16. The minimum Gasteiger partial charge on any atom is -0.598 e. The molecule has 0 bridgehead atoms. The van der Waals surface area contributed by atoms with Gasteiger partial charge in [-0.25, -0.2) is 13.2 Å². The molecule has 0 saturated heterocycles. The van der Waals surface area contributed by atoms with Gasteiger partial charge in [0.2, 0.25) is 0 Å². The van der Waals surface area contributed by atoms with Crippen molar-refractivity contribution in [2.75, 3.05) is 13.2 Å². The van der Waals surface area contributed by atoms with Gasteiger partial charge in [-0.2, -0.15) is 0 Å². The molecule has 1 aromatic carbocycles. The van der Waals surface area contributed by atoms with Gasteiger partial charge in [0.05, 0.1) is 0 Å². The van der Waals surface area contributed by atoms with Gasteiger partial charge in [-0.3, -0.25) is 0 Å². The molecule has 1 aromatic rings. The first-order valence-corrected chi connectivity index (χ1v) is 6.10. The first kappa shape index (κ1) is 14.3. The second kappa shape index (κ2) is 6.25. The van der Waals surface area contributed by atoms with E-state index in [1.54, 1.807) is 6.07 Å². The second-order valence-electron chi connectivity index (χ2n) is 3.42. The number of hydrogen-bond donors (Lipinski definition) is 2. The van der Waals surface area contributed by atoms with Gasteiger partial charge in [-0.05, 0) is 6.07 Å². The first-order valence-electron chi connectivity index (χ1n) is 4.78. The molecule has 1 atom stereocenters. The van der Waals surface area contributed by atoms with E-state index in [1.807, 2.05) is 4.72 Å². The molecule has 0 aliphatic heterocycles. The van der Waals surface area contributed by atoms with Crippen molar-refractivity contribution in [1.82, 2.24) is 4.72 Å². The summed E-state index contributed by atoms with van der Waals surface area (Å²) in [4.78, 5) is 0. The average Bonchev–Trinajstić information content (AvgIpc) is 2.30. The Morgan fingerprint density at radius 1 is 1.35 bits per heavy atom. The smallest absolute Gasteiger partial charge is 0.287 e. The molecule has 0 fully saturated rings. The van der Waals surface area contributed by atoms with Crippen molar-refractivity contribution in [2.45, 2.75) is 11.7 Å². The Balaban J connectivity index is 2.45. The fourth-order valence-electron chi connectivity index (χ4n) is 1.05. The third kappa shape index (κ3) is 4.95. The van der Waals surface area contributed by atoms with Crippen LogP contribution < -0.4 is 4.72 Å². The summed E-state index contributed by atoms with van der Waals surface area (Å²) >= 11 is -1.81. The highest BCUT2D eigenvalue weighted by Crippen LogP contribution is 2.13. The van der Waals surface area contributed by atoms with Crippen LogP contribution in [0.2, 0.25) is 0 Å². The molecule has 0 aliphatic rings. The van der Waals surface area contributed by atoms with Gasteiger partial charge in [-0.1, -0.05) is 18.2 Å². The van der Waals surface area contributed by atoms with E-state index < -0.39 is 36.3 Å². The quantitative estimate of drug-likeness (QED) is 0.762. The number of halogens is 3. The third-order valence-electron chi connectivity index (χ3n) is 1.97. The van der Waals surface area contributed by atoms with Gasteiger partial charge in [0.15, 0.2) is 5.75 Å². The van der Waals surface area contributed by atoms with E-state index in [0.717, 1.165) is 0 Å². The molecule has 0 aliphatic carbocycles. The molecule has 0 aromatic heterocycles. The normalized spacial score (nSPS) is 13.7. The molecule has 17 heavy (non-hydrogen) atoms. The van der Waals surface area contributed by atoms with Crippen molar-refractivity contribution in [3.8, 4) is 0 Å². The fourth-order valence-corrected chi connectivity index (χ4v) is 2.04. The number of alkyl halides is 2. The van der Waals surface area contributed by atoms with Gasteiger partial charge in [0.25, 0.3) is 5.92 Å². The Morgan fingerprint density at radius 2 is 2.00 bits per heavy atom. The third-order valence-corrected chi connectivity index (χ3v) is 3.01. The first-order chi connectivity index (χ1) is 7.94. The Kier molecular flexibility index (Phi) is 5.26. The number of benzene rings is 1. The van der Waals surface area contributed by atoms with E-state index in [1.165, 1.54) is 18.2 Å². The summed E-state index contributed by atoms with van der Waals surface area (Å²) < 4.78 is 51.8. The van der Waals surface area contributed by atoms with Crippen LogP contribution in [-0.2, 0) is 17.1 Å². The number of aliphatic hydroxyl groups excluding tert-OH is 1. The predicted molar refractivity (Wildman–Crippen MR) is 58.3 cm³/mol. The zero-order chi connectivity index (χ0) is 12.9. The molecule has 7 heteroatoms. The summed E-state index contributed by atoms with van der Waals surface area (Å²) in [5.41, 5.74) is 0.186. The summed E-state index contributed by atoms with van der Waals surface area (Å²) in [7, 11) is 0. The summed E-state index contributed by atoms with van der Waals surface area (Å²) in [5.74, 6) is -4.06. The summed E-state index contributed by atoms with van der Waals surface area (Å²) in [6.45, 7) is -2.23. The topological polar surface area (TPSA) is 55.3 Å². The van der Waals surface area contributed by atoms with Crippen molar-refractivity contribution in [1.29, 1.82) is 0 Å². The Labute approximate surface area is 100.0 Å². The maximum absolute atomic E-state index is 13.1. The molecule has 0 heterocycles. The van der Waals surface area contributed by atoms with Crippen LogP contribution in [0.3, 0.4) is 0 Å². The van der Waals surface area contributed by atoms with Crippen molar-refractivity contribution in [2.24, 2.45) is 0 Å². The molecule has 3 nitrogen and oxygen atoms in total. The monoisotopic (exact) mass is 267 g/mol.